The predicted octanol–water partition coefficient (Wildman–Crippen LogP) is 4.24. The third kappa shape index (κ3) is 5.29. The second-order valence-electron chi connectivity index (χ2n) is 6.62. The second kappa shape index (κ2) is 9.64. The van der Waals surface area contributed by atoms with Crippen LogP contribution in [0.5, 0.6) is 5.75 Å². The summed E-state index contributed by atoms with van der Waals surface area (Å²) in [6.07, 6.45) is 2.56. The standard InChI is InChI=1S/C22H25NO4S/c1-3-26-20-10-5-4-9-19(20)23-22(25)15(2)27-21(24)14-28-18-12-11-16-7-6-8-17(16)13-18/h4-5,9-13,15H,3,6-8,14H2,1-2H3,(H,23,25)/t15-/m0/s1. The smallest absolute Gasteiger partial charge is 0.317 e. The molecule has 2 aromatic carbocycles. The minimum atomic E-state index is -0.886. The molecule has 0 aromatic heterocycles. The fraction of sp³-hybridized carbons (Fsp3) is 0.364. The van der Waals surface area contributed by atoms with Crippen molar-refractivity contribution in [2.24, 2.45) is 0 Å². The third-order valence-corrected chi connectivity index (χ3v) is 5.52. The number of amides is 1. The Hall–Kier alpha value is -2.47. The molecule has 0 saturated heterocycles. The quantitative estimate of drug-likeness (QED) is 0.531. The Labute approximate surface area is 169 Å². The first-order valence-corrected chi connectivity index (χ1v) is 10.5. The van der Waals surface area contributed by atoms with Crippen LogP contribution in [0, 0.1) is 0 Å². The van der Waals surface area contributed by atoms with Crippen molar-refractivity contribution >= 4 is 29.3 Å². The first kappa shape index (κ1) is 20.3. The molecular formula is C22H25NO4S. The number of carbonyl (C=O) groups excluding carboxylic acids is 2. The molecule has 5 nitrogen and oxygen atoms in total. The van der Waals surface area contributed by atoms with Gasteiger partial charge in [-0.2, -0.15) is 0 Å². The van der Waals surface area contributed by atoms with Gasteiger partial charge >= 0.3 is 5.97 Å². The Kier molecular flexibility index (Phi) is 6.98. The molecule has 2 aromatic rings. The molecule has 1 amide bonds. The molecule has 3 rings (SSSR count). The van der Waals surface area contributed by atoms with Gasteiger partial charge in [0.05, 0.1) is 18.0 Å². The Morgan fingerprint density at radius 1 is 1.14 bits per heavy atom. The van der Waals surface area contributed by atoms with Crippen LogP contribution in [0.4, 0.5) is 5.69 Å². The molecule has 6 heteroatoms. The first-order chi connectivity index (χ1) is 13.6. The van der Waals surface area contributed by atoms with E-state index in [0.29, 0.717) is 18.0 Å². The lowest BCUT2D eigenvalue weighted by Gasteiger charge is -2.15. The fourth-order valence-electron chi connectivity index (χ4n) is 3.15. The molecule has 0 heterocycles. The van der Waals surface area contributed by atoms with Crippen molar-refractivity contribution in [1.29, 1.82) is 0 Å². The van der Waals surface area contributed by atoms with Gasteiger partial charge in [0, 0.05) is 4.90 Å². The number of carbonyl (C=O) groups is 2. The van der Waals surface area contributed by atoms with E-state index in [0.717, 1.165) is 17.7 Å². The Morgan fingerprint density at radius 3 is 2.75 bits per heavy atom. The maximum Gasteiger partial charge on any atom is 0.317 e. The highest BCUT2D eigenvalue weighted by Crippen LogP contribution is 2.28. The molecule has 0 spiro atoms. The van der Waals surface area contributed by atoms with Crippen molar-refractivity contribution < 1.29 is 19.1 Å². The van der Waals surface area contributed by atoms with Crippen LogP contribution in [0.15, 0.2) is 47.4 Å². The highest BCUT2D eigenvalue weighted by Gasteiger charge is 2.19. The summed E-state index contributed by atoms with van der Waals surface area (Å²) in [7, 11) is 0. The van der Waals surface area contributed by atoms with Crippen molar-refractivity contribution in [2.75, 3.05) is 17.7 Å². The van der Waals surface area contributed by atoms with Gasteiger partial charge in [0.2, 0.25) is 0 Å². The minimum Gasteiger partial charge on any atom is -0.492 e. The van der Waals surface area contributed by atoms with E-state index in [2.05, 4.69) is 17.4 Å². The van der Waals surface area contributed by atoms with Crippen LogP contribution in [0.3, 0.4) is 0 Å². The number of nitrogens with one attached hydrogen (secondary N) is 1. The van der Waals surface area contributed by atoms with Gasteiger partial charge in [0.15, 0.2) is 6.10 Å². The lowest BCUT2D eigenvalue weighted by Crippen LogP contribution is -2.30. The molecule has 0 aliphatic heterocycles. The summed E-state index contributed by atoms with van der Waals surface area (Å²) in [6, 6.07) is 13.5. The molecule has 0 radical (unpaired) electrons. The first-order valence-electron chi connectivity index (χ1n) is 9.53. The van der Waals surface area contributed by atoms with Crippen LogP contribution in [0.25, 0.3) is 0 Å². The highest BCUT2D eigenvalue weighted by atomic mass is 32.2. The number of thioether (sulfide) groups is 1. The van der Waals surface area contributed by atoms with Crippen LogP contribution >= 0.6 is 11.8 Å². The molecule has 0 fully saturated rings. The summed E-state index contributed by atoms with van der Waals surface area (Å²) in [4.78, 5) is 25.6. The number of fused-ring (bicyclic) bond motifs is 1. The maximum atomic E-state index is 12.4. The van der Waals surface area contributed by atoms with Crippen LogP contribution in [-0.2, 0) is 27.2 Å². The minimum absolute atomic E-state index is 0.173. The number of para-hydroxylation sites is 2. The number of esters is 1. The second-order valence-corrected chi connectivity index (χ2v) is 7.67. The van der Waals surface area contributed by atoms with Gasteiger partial charge in [0.25, 0.3) is 5.91 Å². The van der Waals surface area contributed by atoms with Gasteiger partial charge in [0.1, 0.15) is 5.75 Å². The number of ether oxygens (including phenoxy) is 2. The molecule has 1 N–H and O–H groups in total. The lowest BCUT2D eigenvalue weighted by molar-refractivity contribution is -0.150. The topological polar surface area (TPSA) is 64.6 Å². The lowest BCUT2D eigenvalue weighted by atomic mass is 10.1. The van der Waals surface area contributed by atoms with E-state index in [1.807, 2.05) is 25.1 Å². The van der Waals surface area contributed by atoms with E-state index in [9.17, 15) is 9.59 Å². The number of hydrogen-bond acceptors (Lipinski definition) is 5. The van der Waals surface area contributed by atoms with E-state index in [1.165, 1.54) is 29.3 Å². The molecule has 1 atom stereocenters. The van der Waals surface area contributed by atoms with Gasteiger partial charge in [-0.1, -0.05) is 18.2 Å². The summed E-state index contributed by atoms with van der Waals surface area (Å²) in [5.41, 5.74) is 3.34. The molecule has 0 bridgehead atoms. The average Bonchev–Trinajstić information content (AvgIpc) is 3.16. The monoisotopic (exact) mass is 399 g/mol. The maximum absolute atomic E-state index is 12.4. The van der Waals surface area contributed by atoms with Crippen molar-refractivity contribution in [3.05, 3.63) is 53.6 Å². The van der Waals surface area contributed by atoms with Gasteiger partial charge in [-0.05, 0) is 68.5 Å². The van der Waals surface area contributed by atoms with Crippen LogP contribution in [0.2, 0.25) is 0 Å². The summed E-state index contributed by atoms with van der Waals surface area (Å²) in [6.45, 7) is 3.94. The third-order valence-electron chi connectivity index (χ3n) is 4.55. The molecule has 1 aliphatic rings. The number of aryl methyl sites for hydroxylation is 2. The predicted molar refractivity (Wildman–Crippen MR) is 111 cm³/mol. The largest absolute Gasteiger partial charge is 0.492 e. The van der Waals surface area contributed by atoms with Crippen LogP contribution < -0.4 is 10.1 Å². The Bertz CT molecular complexity index is 852. The average molecular weight is 400 g/mol. The van der Waals surface area contributed by atoms with E-state index in [-0.39, 0.29) is 11.7 Å². The fourth-order valence-corrected chi connectivity index (χ4v) is 3.89. The zero-order chi connectivity index (χ0) is 19.9. The summed E-state index contributed by atoms with van der Waals surface area (Å²) >= 11 is 1.44. The van der Waals surface area contributed by atoms with Crippen LogP contribution in [0.1, 0.15) is 31.4 Å². The molecular weight excluding hydrogens is 374 g/mol. The summed E-state index contributed by atoms with van der Waals surface area (Å²) in [5.74, 6) is -0.0373. The zero-order valence-electron chi connectivity index (χ0n) is 16.2. The summed E-state index contributed by atoms with van der Waals surface area (Å²) in [5, 5.41) is 2.75. The number of hydrogen-bond donors (Lipinski definition) is 1. The molecule has 0 saturated carbocycles. The number of benzene rings is 2. The van der Waals surface area contributed by atoms with E-state index in [4.69, 9.17) is 9.47 Å². The normalized spacial score (nSPS) is 13.5. The van der Waals surface area contributed by atoms with Gasteiger partial charge in [-0.25, -0.2) is 0 Å². The molecule has 148 valence electrons. The van der Waals surface area contributed by atoms with Crippen molar-refractivity contribution in [1.82, 2.24) is 0 Å². The van der Waals surface area contributed by atoms with Gasteiger partial charge in [-0.15, -0.1) is 11.8 Å². The SMILES string of the molecule is CCOc1ccccc1NC(=O)[C@H](C)OC(=O)CSc1ccc2c(c1)CCC2. The van der Waals surface area contributed by atoms with Gasteiger partial charge < -0.3 is 14.8 Å². The molecule has 28 heavy (non-hydrogen) atoms. The van der Waals surface area contributed by atoms with E-state index < -0.39 is 12.1 Å². The van der Waals surface area contributed by atoms with Crippen molar-refractivity contribution in [2.45, 2.75) is 44.1 Å². The molecule has 0 unspecified atom stereocenters. The van der Waals surface area contributed by atoms with Crippen LogP contribution in [-0.4, -0.2) is 30.3 Å². The van der Waals surface area contributed by atoms with E-state index in [1.54, 1.807) is 19.1 Å². The summed E-state index contributed by atoms with van der Waals surface area (Å²) < 4.78 is 10.8. The Balaban J connectivity index is 1.49. The van der Waals surface area contributed by atoms with Crippen molar-refractivity contribution in [3.8, 4) is 5.75 Å². The number of rotatable bonds is 8. The Morgan fingerprint density at radius 2 is 1.93 bits per heavy atom. The zero-order valence-corrected chi connectivity index (χ0v) is 17.0. The van der Waals surface area contributed by atoms with Gasteiger partial charge in [-0.3, -0.25) is 9.59 Å². The van der Waals surface area contributed by atoms with E-state index >= 15 is 0 Å². The highest BCUT2D eigenvalue weighted by molar-refractivity contribution is 8.00. The number of anilines is 1. The molecule has 1 aliphatic carbocycles. The van der Waals surface area contributed by atoms with Crippen molar-refractivity contribution in [3.63, 3.8) is 0 Å².